The molecule has 0 radical (unpaired) electrons. The number of methoxy groups -OCH3 is 3. The summed E-state index contributed by atoms with van der Waals surface area (Å²) in [5.74, 6) is 1.77. The zero-order valence-electron chi connectivity index (χ0n) is 12.6. The second kappa shape index (κ2) is 5.85. The maximum Gasteiger partial charge on any atom is 0.203 e. The van der Waals surface area contributed by atoms with E-state index >= 15 is 0 Å². The lowest BCUT2D eigenvalue weighted by Gasteiger charge is -2.15. The van der Waals surface area contributed by atoms with Crippen LogP contribution in [0, 0.1) is 0 Å². The predicted octanol–water partition coefficient (Wildman–Crippen LogP) is 3.33. The largest absolute Gasteiger partial charge is 0.493 e. The van der Waals surface area contributed by atoms with Crippen LogP contribution in [-0.4, -0.2) is 31.3 Å². The average Bonchev–Trinajstić information content (AvgIpc) is 3.03. The number of hydrogen-bond donors (Lipinski definition) is 2. The molecule has 0 spiro atoms. The SMILES string of the molecule is COc1cc(Nc2ccnc3[nH]ccc23)cc(OC)c1OC. The molecule has 0 unspecified atom stereocenters. The van der Waals surface area contributed by atoms with Gasteiger partial charge in [0.05, 0.1) is 27.0 Å². The lowest BCUT2D eigenvalue weighted by molar-refractivity contribution is 0.324. The molecule has 2 aromatic heterocycles. The molecule has 0 bridgehead atoms. The van der Waals surface area contributed by atoms with Crippen LogP contribution in [0.2, 0.25) is 0 Å². The molecule has 3 aromatic rings. The first-order chi connectivity index (χ1) is 10.8. The van der Waals surface area contributed by atoms with Gasteiger partial charge in [-0.15, -0.1) is 0 Å². The molecule has 0 saturated carbocycles. The molecular weight excluding hydrogens is 282 g/mol. The van der Waals surface area contributed by atoms with Crippen LogP contribution in [0.3, 0.4) is 0 Å². The fourth-order valence-electron chi connectivity index (χ4n) is 2.38. The molecule has 2 heterocycles. The summed E-state index contributed by atoms with van der Waals surface area (Å²) in [4.78, 5) is 7.36. The molecule has 0 saturated heterocycles. The molecule has 22 heavy (non-hydrogen) atoms. The Balaban J connectivity index is 2.03. The number of aromatic nitrogens is 2. The summed E-state index contributed by atoms with van der Waals surface area (Å²) in [6.45, 7) is 0. The molecule has 6 nitrogen and oxygen atoms in total. The minimum absolute atomic E-state index is 0.567. The van der Waals surface area contributed by atoms with Crippen LogP contribution >= 0.6 is 0 Å². The van der Waals surface area contributed by atoms with Gasteiger partial charge >= 0.3 is 0 Å². The van der Waals surface area contributed by atoms with Gasteiger partial charge < -0.3 is 24.5 Å². The zero-order valence-corrected chi connectivity index (χ0v) is 12.6. The first kappa shape index (κ1) is 14.1. The van der Waals surface area contributed by atoms with Gasteiger partial charge in [-0.1, -0.05) is 0 Å². The molecule has 0 fully saturated rings. The van der Waals surface area contributed by atoms with Crippen LogP contribution in [0.1, 0.15) is 0 Å². The van der Waals surface area contributed by atoms with Gasteiger partial charge in [0.15, 0.2) is 11.5 Å². The van der Waals surface area contributed by atoms with Crippen LogP contribution in [-0.2, 0) is 0 Å². The third-order valence-electron chi connectivity index (χ3n) is 3.40. The van der Waals surface area contributed by atoms with Crippen molar-refractivity contribution in [2.45, 2.75) is 0 Å². The van der Waals surface area contributed by atoms with Crippen LogP contribution in [0.5, 0.6) is 17.2 Å². The molecule has 0 aliphatic heterocycles. The van der Waals surface area contributed by atoms with E-state index in [-0.39, 0.29) is 0 Å². The number of rotatable bonds is 5. The highest BCUT2D eigenvalue weighted by molar-refractivity contribution is 5.91. The molecule has 6 heteroatoms. The quantitative estimate of drug-likeness (QED) is 0.756. The molecule has 114 valence electrons. The van der Waals surface area contributed by atoms with Crippen LogP contribution in [0.15, 0.2) is 36.7 Å². The van der Waals surface area contributed by atoms with E-state index in [9.17, 15) is 0 Å². The molecule has 0 aliphatic rings. The average molecular weight is 299 g/mol. The second-order valence-corrected chi connectivity index (χ2v) is 4.64. The number of ether oxygens (including phenoxy) is 3. The smallest absolute Gasteiger partial charge is 0.203 e. The van der Waals surface area contributed by atoms with Gasteiger partial charge in [-0.05, 0) is 12.1 Å². The van der Waals surface area contributed by atoms with Crippen molar-refractivity contribution < 1.29 is 14.2 Å². The molecule has 0 aliphatic carbocycles. The number of fused-ring (bicyclic) bond motifs is 1. The van der Waals surface area contributed by atoms with E-state index < -0.39 is 0 Å². The molecule has 2 N–H and O–H groups in total. The minimum Gasteiger partial charge on any atom is -0.493 e. The van der Waals surface area contributed by atoms with E-state index in [0.717, 1.165) is 22.4 Å². The van der Waals surface area contributed by atoms with Crippen molar-refractivity contribution in [3.63, 3.8) is 0 Å². The Morgan fingerprint density at radius 2 is 1.73 bits per heavy atom. The van der Waals surface area contributed by atoms with Crippen molar-refractivity contribution in [3.05, 3.63) is 36.7 Å². The van der Waals surface area contributed by atoms with E-state index in [1.807, 2.05) is 30.5 Å². The van der Waals surface area contributed by atoms with Crippen molar-refractivity contribution in [1.29, 1.82) is 0 Å². The zero-order chi connectivity index (χ0) is 15.5. The Bertz CT molecular complexity index is 773. The van der Waals surface area contributed by atoms with Crippen molar-refractivity contribution in [2.75, 3.05) is 26.6 Å². The third kappa shape index (κ3) is 2.39. The lowest BCUT2D eigenvalue weighted by atomic mass is 10.2. The number of anilines is 2. The van der Waals surface area contributed by atoms with Gasteiger partial charge in [-0.2, -0.15) is 0 Å². The summed E-state index contributed by atoms with van der Waals surface area (Å²) in [7, 11) is 4.77. The summed E-state index contributed by atoms with van der Waals surface area (Å²) >= 11 is 0. The van der Waals surface area contributed by atoms with E-state index in [4.69, 9.17) is 14.2 Å². The maximum atomic E-state index is 5.37. The Hall–Kier alpha value is -2.89. The first-order valence-electron chi connectivity index (χ1n) is 6.76. The van der Waals surface area contributed by atoms with E-state index in [1.165, 1.54) is 0 Å². The Kier molecular flexibility index (Phi) is 3.74. The van der Waals surface area contributed by atoms with Crippen LogP contribution < -0.4 is 19.5 Å². The monoisotopic (exact) mass is 299 g/mol. The van der Waals surface area contributed by atoms with Crippen molar-refractivity contribution in [1.82, 2.24) is 9.97 Å². The summed E-state index contributed by atoms with van der Waals surface area (Å²) in [6, 6.07) is 7.61. The Morgan fingerprint density at radius 3 is 2.36 bits per heavy atom. The van der Waals surface area contributed by atoms with Gasteiger partial charge in [0, 0.05) is 35.6 Å². The number of H-pyrrole nitrogens is 1. The number of nitrogens with one attached hydrogen (secondary N) is 2. The summed E-state index contributed by atoms with van der Waals surface area (Å²) in [5, 5.41) is 4.37. The summed E-state index contributed by atoms with van der Waals surface area (Å²) in [6.07, 6.45) is 3.61. The number of aromatic amines is 1. The standard InChI is InChI=1S/C16H17N3O3/c1-20-13-8-10(9-14(21-2)15(13)22-3)19-12-5-7-18-16-11(12)4-6-17-16/h4-9H,1-3H3,(H2,17,18,19). The first-order valence-corrected chi connectivity index (χ1v) is 6.76. The molecule has 0 amide bonds. The number of pyridine rings is 1. The minimum atomic E-state index is 0.567. The lowest BCUT2D eigenvalue weighted by Crippen LogP contribution is -1.98. The summed E-state index contributed by atoms with van der Waals surface area (Å²) in [5.41, 5.74) is 2.61. The normalized spacial score (nSPS) is 10.5. The fraction of sp³-hybridized carbons (Fsp3) is 0.188. The highest BCUT2D eigenvalue weighted by Gasteiger charge is 2.14. The highest BCUT2D eigenvalue weighted by atomic mass is 16.5. The number of benzene rings is 1. The van der Waals surface area contributed by atoms with Gasteiger partial charge in [-0.25, -0.2) is 4.98 Å². The number of nitrogens with zero attached hydrogens (tertiary/aromatic N) is 1. The van der Waals surface area contributed by atoms with Gasteiger partial charge in [0.25, 0.3) is 0 Å². The van der Waals surface area contributed by atoms with Gasteiger partial charge in [0.2, 0.25) is 5.75 Å². The van der Waals surface area contributed by atoms with Crippen molar-refractivity contribution in [2.24, 2.45) is 0 Å². The van der Waals surface area contributed by atoms with Gasteiger partial charge in [0.1, 0.15) is 5.65 Å². The van der Waals surface area contributed by atoms with E-state index in [0.29, 0.717) is 17.2 Å². The molecular formula is C16H17N3O3. The number of hydrogen-bond acceptors (Lipinski definition) is 5. The second-order valence-electron chi connectivity index (χ2n) is 4.64. The third-order valence-corrected chi connectivity index (χ3v) is 3.40. The molecule has 1 aromatic carbocycles. The van der Waals surface area contributed by atoms with Crippen LogP contribution in [0.25, 0.3) is 11.0 Å². The molecule has 0 atom stereocenters. The van der Waals surface area contributed by atoms with E-state index in [2.05, 4.69) is 15.3 Å². The van der Waals surface area contributed by atoms with Crippen molar-refractivity contribution >= 4 is 22.4 Å². The highest BCUT2D eigenvalue weighted by Crippen LogP contribution is 2.41. The van der Waals surface area contributed by atoms with Crippen molar-refractivity contribution in [3.8, 4) is 17.2 Å². The fourth-order valence-corrected chi connectivity index (χ4v) is 2.38. The molecule has 3 rings (SSSR count). The predicted molar refractivity (Wildman–Crippen MR) is 85.5 cm³/mol. The Morgan fingerprint density at radius 1 is 1.00 bits per heavy atom. The maximum absolute atomic E-state index is 5.37. The van der Waals surface area contributed by atoms with Gasteiger partial charge in [-0.3, -0.25) is 0 Å². The topological polar surface area (TPSA) is 68.4 Å². The van der Waals surface area contributed by atoms with E-state index in [1.54, 1.807) is 27.5 Å². The van der Waals surface area contributed by atoms with Crippen LogP contribution in [0.4, 0.5) is 11.4 Å². The summed E-state index contributed by atoms with van der Waals surface area (Å²) < 4.78 is 16.1. The Labute approximate surface area is 128 Å².